The summed E-state index contributed by atoms with van der Waals surface area (Å²) >= 11 is 0. The Bertz CT molecular complexity index is 307. The Balaban J connectivity index is 3.93. The quantitative estimate of drug-likeness (QED) is 0.640. The number of rotatable bonds is 5. The highest BCUT2D eigenvalue weighted by atomic mass is 16.4. The molecule has 0 aliphatic rings. The summed E-state index contributed by atoms with van der Waals surface area (Å²) in [5, 5.41) is 13.2. The predicted octanol–water partition coefficient (Wildman–Crippen LogP) is 0.128. The summed E-state index contributed by atoms with van der Waals surface area (Å²) in [5.41, 5.74) is -0.144. The Morgan fingerprint density at radius 1 is 1.18 bits per heavy atom. The molecule has 0 aromatic rings. The summed E-state index contributed by atoms with van der Waals surface area (Å²) in [4.78, 5) is 33.1. The lowest BCUT2D eigenvalue weighted by atomic mass is 9.92. The molecule has 0 rings (SSSR count). The van der Waals surface area contributed by atoms with E-state index in [-0.39, 0.29) is 17.9 Å². The van der Waals surface area contributed by atoms with Crippen LogP contribution in [-0.4, -0.2) is 35.5 Å². The molecule has 2 amide bonds. The van der Waals surface area contributed by atoms with E-state index >= 15 is 0 Å². The van der Waals surface area contributed by atoms with E-state index in [4.69, 9.17) is 5.11 Å². The van der Waals surface area contributed by atoms with Crippen LogP contribution in [0.4, 0.5) is 0 Å². The molecular weight excluding hydrogens is 224 g/mol. The van der Waals surface area contributed by atoms with E-state index in [1.807, 2.05) is 20.8 Å². The van der Waals surface area contributed by atoms with E-state index in [0.717, 1.165) is 0 Å². The fraction of sp³-hybridized carbons (Fsp3) is 0.727. The van der Waals surface area contributed by atoms with Crippen molar-refractivity contribution in [3.05, 3.63) is 0 Å². The first-order chi connectivity index (χ1) is 7.61. The van der Waals surface area contributed by atoms with Gasteiger partial charge in [0, 0.05) is 6.42 Å². The molecule has 6 nitrogen and oxygen atoms in total. The van der Waals surface area contributed by atoms with Crippen LogP contribution in [0, 0.1) is 5.41 Å². The Kier molecular flexibility index (Phi) is 5.64. The second-order valence-corrected chi connectivity index (χ2v) is 5.14. The lowest BCUT2D eigenvalue weighted by Crippen LogP contribution is -2.44. The number of carboxylic acid groups (broad SMARTS) is 1. The van der Waals surface area contributed by atoms with Crippen LogP contribution < -0.4 is 10.6 Å². The zero-order valence-electron chi connectivity index (χ0n) is 10.7. The van der Waals surface area contributed by atoms with Crippen LogP contribution in [0.2, 0.25) is 0 Å². The number of carbonyl (C=O) groups is 3. The largest absolute Gasteiger partial charge is 0.480 e. The summed E-state index contributed by atoms with van der Waals surface area (Å²) in [6.45, 7) is 6.90. The van der Waals surface area contributed by atoms with E-state index < -0.39 is 17.9 Å². The van der Waals surface area contributed by atoms with Gasteiger partial charge in [0.1, 0.15) is 6.04 Å². The molecule has 0 aliphatic heterocycles. The van der Waals surface area contributed by atoms with Crippen LogP contribution in [-0.2, 0) is 14.4 Å². The van der Waals surface area contributed by atoms with Gasteiger partial charge in [-0.25, -0.2) is 0 Å². The van der Waals surface area contributed by atoms with Crippen molar-refractivity contribution in [2.24, 2.45) is 5.41 Å². The first kappa shape index (κ1) is 15.4. The summed E-state index contributed by atoms with van der Waals surface area (Å²) in [6.07, 6.45) is 0.314. The van der Waals surface area contributed by atoms with Crippen molar-refractivity contribution in [2.45, 2.75) is 40.2 Å². The zero-order valence-corrected chi connectivity index (χ0v) is 10.7. The molecule has 0 radical (unpaired) electrons. The third-order valence-corrected chi connectivity index (χ3v) is 1.88. The van der Waals surface area contributed by atoms with E-state index in [9.17, 15) is 14.4 Å². The van der Waals surface area contributed by atoms with Gasteiger partial charge < -0.3 is 15.7 Å². The second-order valence-electron chi connectivity index (χ2n) is 5.14. The fourth-order valence-electron chi connectivity index (χ4n) is 1.08. The number of carboxylic acids is 1. The summed E-state index contributed by atoms with van der Waals surface area (Å²) in [7, 11) is 0. The van der Waals surface area contributed by atoms with Crippen LogP contribution in [0.3, 0.4) is 0 Å². The SMILES string of the molecule is CC(NC(=O)CNC(=O)CC(C)(C)C)C(=O)O. The number of aliphatic carboxylic acids is 1. The summed E-state index contributed by atoms with van der Waals surface area (Å²) in [5.74, 6) is -1.85. The molecule has 0 spiro atoms. The molecule has 0 saturated heterocycles. The van der Waals surface area contributed by atoms with E-state index in [1.54, 1.807) is 0 Å². The van der Waals surface area contributed by atoms with E-state index in [0.29, 0.717) is 6.42 Å². The third kappa shape index (κ3) is 8.24. The number of hydrogen-bond donors (Lipinski definition) is 3. The molecule has 0 heterocycles. The molecule has 98 valence electrons. The highest BCUT2D eigenvalue weighted by molar-refractivity contribution is 5.87. The van der Waals surface area contributed by atoms with Crippen molar-refractivity contribution in [3.63, 3.8) is 0 Å². The molecule has 3 N–H and O–H groups in total. The van der Waals surface area contributed by atoms with Gasteiger partial charge in [0.05, 0.1) is 6.54 Å². The van der Waals surface area contributed by atoms with Crippen molar-refractivity contribution in [3.8, 4) is 0 Å². The molecule has 0 aromatic heterocycles. The Hall–Kier alpha value is -1.59. The van der Waals surface area contributed by atoms with Crippen LogP contribution >= 0.6 is 0 Å². The van der Waals surface area contributed by atoms with Gasteiger partial charge in [-0.3, -0.25) is 14.4 Å². The van der Waals surface area contributed by atoms with Gasteiger partial charge in [0.15, 0.2) is 0 Å². The number of hydrogen-bond acceptors (Lipinski definition) is 3. The van der Waals surface area contributed by atoms with Crippen molar-refractivity contribution >= 4 is 17.8 Å². The van der Waals surface area contributed by atoms with Crippen LogP contribution in [0.1, 0.15) is 34.1 Å². The molecule has 1 unspecified atom stereocenters. The standard InChI is InChI=1S/C11H20N2O4/c1-7(10(16)17)13-9(15)6-12-8(14)5-11(2,3)4/h7H,5-6H2,1-4H3,(H,12,14)(H,13,15)(H,16,17). The highest BCUT2D eigenvalue weighted by Crippen LogP contribution is 2.17. The zero-order chi connectivity index (χ0) is 13.6. The van der Waals surface area contributed by atoms with E-state index in [2.05, 4.69) is 10.6 Å². The van der Waals surface area contributed by atoms with Crippen LogP contribution in [0.25, 0.3) is 0 Å². The smallest absolute Gasteiger partial charge is 0.325 e. The van der Waals surface area contributed by atoms with Gasteiger partial charge in [-0.2, -0.15) is 0 Å². The Morgan fingerprint density at radius 3 is 2.12 bits per heavy atom. The Morgan fingerprint density at radius 2 is 1.71 bits per heavy atom. The molecule has 0 bridgehead atoms. The van der Waals surface area contributed by atoms with Crippen molar-refractivity contribution in [2.75, 3.05) is 6.54 Å². The Labute approximate surface area is 101 Å². The maximum absolute atomic E-state index is 11.4. The lowest BCUT2D eigenvalue weighted by molar-refractivity contribution is -0.141. The molecular formula is C11H20N2O4. The maximum Gasteiger partial charge on any atom is 0.325 e. The minimum Gasteiger partial charge on any atom is -0.480 e. The summed E-state index contributed by atoms with van der Waals surface area (Å²) < 4.78 is 0. The topological polar surface area (TPSA) is 95.5 Å². The average Bonchev–Trinajstić information content (AvgIpc) is 2.11. The first-order valence-electron chi connectivity index (χ1n) is 5.40. The predicted molar refractivity (Wildman–Crippen MR) is 62.3 cm³/mol. The number of carbonyl (C=O) groups excluding carboxylic acids is 2. The van der Waals surface area contributed by atoms with Gasteiger partial charge >= 0.3 is 5.97 Å². The molecule has 0 aromatic carbocycles. The van der Waals surface area contributed by atoms with Gasteiger partial charge in [-0.05, 0) is 12.3 Å². The fourth-order valence-corrected chi connectivity index (χ4v) is 1.08. The van der Waals surface area contributed by atoms with Crippen molar-refractivity contribution < 1.29 is 19.5 Å². The molecule has 0 aliphatic carbocycles. The molecule has 0 fully saturated rings. The van der Waals surface area contributed by atoms with Crippen LogP contribution in [0.5, 0.6) is 0 Å². The van der Waals surface area contributed by atoms with Gasteiger partial charge in [0.25, 0.3) is 0 Å². The van der Waals surface area contributed by atoms with Gasteiger partial charge in [-0.15, -0.1) is 0 Å². The maximum atomic E-state index is 11.4. The minimum atomic E-state index is -1.11. The third-order valence-electron chi connectivity index (χ3n) is 1.88. The second kappa shape index (κ2) is 6.22. The first-order valence-corrected chi connectivity index (χ1v) is 5.40. The normalized spacial score (nSPS) is 12.7. The van der Waals surface area contributed by atoms with Crippen molar-refractivity contribution in [1.82, 2.24) is 10.6 Å². The molecule has 6 heteroatoms. The lowest BCUT2D eigenvalue weighted by Gasteiger charge is -2.17. The van der Waals surface area contributed by atoms with Gasteiger partial charge in [-0.1, -0.05) is 20.8 Å². The molecule has 0 saturated carbocycles. The van der Waals surface area contributed by atoms with E-state index in [1.165, 1.54) is 6.92 Å². The minimum absolute atomic E-state index is 0.144. The van der Waals surface area contributed by atoms with Crippen LogP contribution in [0.15, 0.2) is 0 Å². The van der Waals surface area contributed by atoms with Crippen molar-refractivity contribution in [1.29, 1.82) is 0 Å². The molecule has 1 atom stereocenters. The highest BCUT2D eigenvalue weighted by Gasteiger charge is 2.17. The summed E-state index contributed by atoms with van der Waals surface area (Å²) in [6, 6.07) is -0.956. The number of amides is 2. The van der Waals surface area contributed by atoms with Gasteiger partial charge in [0.2, 0.25) is 11.8 Å². The molecule has 17 heavy (non-hydrogen) atoms. The number of nitrogens with one attached hydrogen (secondary N) is 2. The average molecular weight is 244 g/mol. The monoisotopic (exact) mass is 244 g/mol.